The van der Waals surface area contributed by atoms with Crippen LogP contribution < -0.4 is 15.1 Å². The summed E-state index contributed by atoms with van der Waals surface area (Å²) in [6.07, 6.45) is 1.90. The third-order valence-electron chi connectivity index (χ3n) is 4.10. The molecule has 2 atom stereocenters. The molecule has 0 unspecified atom stereocenters. The Morgan fingerprint density at radius 1 is 1.41 bits per heavy atom. The second-order valence-corrected chi connectivity index (χ2v) is 5.44. The maximum atomic E-state index is 12.2. The van der Waals surface area contributed by atoms with E-state index in [2.05, 4.69) is 10.4 Å². The minimum absolute atomic E-state index is 0.116. The third kappa shape index (κ3) is 2.78. The number of carbonyl (C=O) groups is 1. The van der Waals surface area contributed by atoms with Gasteiger partial charge >= 0.3 is 5.97 Å². The first-order valence-electron chi connectivity index (χ1n) is 7.65. The average molecular weight is 303 g/mol. The van der Waals surface area contributed by atoms with Gasteiger partial charge in [-0.3, -0.25) is 5.32 Å². The smallest absolute Gasteiger partial charge is 0.354 e. The van der Waals surface area contributed by atoms with Crippen LogP contribution in [0.3, 0.4) is 0 Å². The number of benzene rings is 1. The SMILES string of the molecule is CCOC(=O)C1=NN(c2ccc(OC)cc2)[C@H]2C[C@@H]1CCN2. The molecule has 2 heterocycles. The summed E-state index contributed by atoms with van der Waals surface area (Å²) in [5.74, 6) is 0.677. The van der Waals surface area contributed by atoms with Gasteiger partial charge in [0.15, 0.2) is 0 Å². The van der Waals surface area contributed by atoms with Crippen molar-refractivity contribution in [3.63, 3.8) is 0 Å². The van der Waals surface area contributed by atoms with Gasteiger partial charge < -0.3 is 9.47 Å². The van der Waals surface area contributed by atoms with Crippen molar-refractivity contribution in [2.75, 3.05) is 25.3 Å². The fraction of sp³-hybridized carbons (Fsp3) is 0.500. The molecule has 0 aromatic heterocycles. The fourth-order valence-electron chi connectivity index (χ4n) is 2.98. The molecule has 118 valence electrons. The molecule has 0 radical (unpaired) electrons. The number of hydrazone groups is 1. The number of nitrogens with one attached hydrogen (secondary N) is 1. The summed E-state index contributed by atoms with van der Waals surface area (Å²) in [4.78, 5) is 12.2. The Balaban J connectivity index is 1.91. The Kier molecular flexibility index (Phi) is 4.29. The van der Waals surface area contributed by atoms with Crippen LogP contribution in [0.4, 0.5) is 5.69 Å². The summed E-state index contributed by atoms with van der Waals surface area (Å²) in [5, 5.41) is 9.91. The lowest BCUT2D eigenvalue weighted by Gasteiger charge is -2.41. The zero-order chi connectivity index (χ0) is 15.5. The monoisotopic (exact) mass is 303 g/mol. The van der Waals surface area contributed by atoms with Crippen LogP contribution in [0.25, 0.3) is 0 Å². The molecule has 2 bridgehead atoms. The van der Waals surface area contributed by atoms with E-state index in [4.69, 9.17) is 9.47 Å². The molecule has 1 aromatic rings. The van der Waals surface area contributed by atoms with Crippen LogP contribution in [0.2, 0.25) is 0 Å². The quantitative estimate of drug-likeness (QED) is 0.859. The number of anilines is 1. The van der Waals surface area contributed by atoms with Gasteiger partial charge in [-0.2, -0.15) is 5.10 Å². The Morgan fingerprint density at radius 2 is 2.18 bits per heavy atom. The largest absolute Gasteiger partial charge is 0.497 e. The van der Waals surface area contributed by atoms with Crippen LogP contribution in [-0.4, -0.2) is 38.1 Å². The van der Waals surface area contributed by atoms with Gasteiger partial charge in [-0.1, -0.05) is 0 Å². The van der Waals surface area contributed by atoms with Crippen molar-refractivity contribution in [1.82, 2.24) is 5.32 Å². The van der Waals surface area contributed by atoms with E-state index in [9.17, 15) is 4.79 Å². The number of rotatable bonds is 4. The number of piperidine rings is 1. The number of nitrogens with zero attached hydrogens (tertiary/aromatic N) is 2. The number of ether oxygens (including phenoxy) is 2. The molecule has 2 aliphatic rings. The van der Waals surface area contributed by atoms with E-state index in [1.807, 2.05) is 36.2 Å². The highest BCUT2D eigenvalue weighted by Gasteiger charge is 2.38. The van der Waals surface area contributed by atoms with Crippen LogP contribution in [-0.2, 0) is 9.53 Å². The molecular weight excluding hydrogens is 282 g/mol. The Hall–Kier alpha value is -2.08. The van der Waals surface area contributed by atoms with Gasteiger partial charge in [-0.15, -0.1) is 0 Å². The van der Waals surface area contributed by atoms with Gasteiger partial charge in [0.05, 0.1) is 19.4 Å². The number of esters is 1. The first kappa shape index (κ1) is 14.8. The Labute approximate surface area is 130 Å². The molecule has 1 N–H and O–H groups in total. The average Bonchev–Trinajstić information content (AvgIpc) is 2.56. The van der Waals surface area contributed by atoms with Crippen molar-refractivity contribution < 1.29 is 14.3 Å². The molecule has 0 aliphatic carbocycles. The molecular formula is C16H21N3O3. The number of fused-ring (bicyclic) bond motifs is 2. The zero-order valence-electron chi connectivity index (χ0n) is 12.9. The highest BCUT2D eigenvalue weighted by Crippen LogP contribution is 2.31. The molecule has 1 fully saturated rings. The lowest BCUT2D eigenvalue weighted by atomic mass is 9.89. The van der Waals surface area contributed by atoms with E-state index in [-0.39, 0.29) is 18.1 Å². The van der Waals surface area contributed by atoms with E-state index in [0.29, 0.717) is 12.3 Å². The minimum atomic E-state index is -0.300. The van der Waals surface area contributed by atoms with E-state index in [0.717, 1.165) is 30.8 Å². The van der Waals surface area contributed by atoms with Gasteiger partial charge in [0, 0.05) is 5.92 Å². The third-order valence-corrected chi connectivity index (χ3v) is 4.10. The van der Waals surface area contributed by atoms with Crippen molar-refractivity contribution in [2.24, 2.45) is 11.0 Å². The second-order valence-electron chi connectivity index (χ2n) is 5.44. The molecule has 0 amide bonds. The Bertz CT molecular complexity index is 571. The van der Waals surface area contributed by atoms with Crippen molar-refractivity contribution in [1.29, 1.82) is 0 Å². The topological polar surface area (TPSA) is 63.2 Å². The number of carbonyl (C=O) groups excluding carboxylic acids is 1. The minimum Gasteiger partial charge on any atom is -0.497 e. The number of hydrogen-bond acceptors (Lipinski definition) is 6. The van der Waals surface area contributed by atoms with Crippen LogP contribution >= 0.6 is 0 Å². The fourth-order valence-corrected chi connectivity index (χ4v) is 2.98. The van der Waals surface area contributed by atoms with E-state index in [1.165, 1.54) is 0 Å². The zero-order valence-corrected chi connectivity index (χ0v) is 12.9. The lowest BCUT2D eigenvalue weighted by molar-refractivity contribution is -0.135. The predicted molar refractivity (Wildman–Crippen MR) is 84.1 cm³/mol. The highest BCUT2D eigenvalue weighted by molar-refractivity contribution is 6.37. The number of methoxy groups -OCH3 is 1. The summed E-state index contributed by atoms with van der Waals surface area (Å²) >= 11 is 0. The van der Waals surface area contributed by atoms with Crippen molar-refractivity contribution in [3.05, 3.63) is 24.3 Å². The van der Waals surface area contributed by atoms with Crippen LogP contribution in [0.15, 0.2) is 29.4 Å². The molecule has 0 spiro atoms. The van der Waals surface area contributed by atoms with Crippen LogP contribution in [0, 0.1) is 5.92 Å². The van der Waals surface area contributed by atoms with E-state index >= 15 is 0 Å². The Morgan fingerprint density at radius 3 is 2.86 bits per heavy atom. The predicted octanol–water partition coefficient (Wildman–Crippen LogP) is 1.76. The number of hydrogen-bond donors (Lipinski definition) is 1. The summed E-state index contributed by atoms with van der Waals surface area (Å²) in [5.41, 5.74) is 1.47. The maximum Gasteiger partial charge on any atom is 0.354 e. The highest BCUT2D eigenvalue weighted by atomic mass is 16.5. The molecule has 6 nitrogen and oxygen atoms in total. The molecule has 2 aliphatic heterocycles. The standard InChI is InChI=1S/C16H21N3O3/c1-3-22-16(20)15-11-8-9-17-14(10-11)19(18-15)12-4-6-13(21-2)7-5-12/h4-7,11,14,17H,3,8-10H2,1-2H3/t11-,14-/m0/s1. The van der Waals surface area contributed by atoms with E-state index in [1.54, 1.807) is 7.11 Å². The summed E-state index contributed by atoms with van der Waals surface area (Å²) in [6, 6.07) is 7.68. The van der Waals surface area contributed by atoms with Crippen molar-refractivity contribution >= 4 is 17.4 Å². The summed E-state index contributed by atoms with van der Waals surface area (Å²) in [7, 11) is 1.64. The van der Waals surface area contributed by atoms with Gasteiger partial charge in [0.2, 0.25) is 0 Å². The van der Waals surface area contributed by atoms with Crippen molar-refractivity contribution in [2.45, 2.75) is 25.9 Å². The first-order chi connectivity index (χ1) is 10.7. The van der Waals surface area contributed by atoms with Gasteiger partial charge in [-0.25, -0.2) is 9.80 Å². The molecule has 1 aromatic carbocycles. The molecule has 22 heavy (non-hydrogen) atoms. The lowest BCUT2D eigenvalue weighted by Crippen LogP contribution is -2.54. The van der Waals surface area contributed by atoms with Gasteiger partial charge in [0.25, 0.3) is 0 Å². The van der Waals surface area contributed by atoms with Crippen LogP contribution in [0.5, 0.6) is 5.75 Å². The second kappa shape index (κ2) is 6.36. The first-order valence-corrected chi connectivity index (χ1v) is 7.65. The van der Waals surface area contributed by atoms with Crippen LogP contribution in [0.1, 0.15) is 19.8 Å². The molecule has 3 rings (SSSR count). The normalized spacial score (nSPS) is 23.7. The molecule has 1 saturated heterocycles. The van der Waals surface area contributed by atoms with Gasteiger partial charge in [0.1, 0.15) is 17.6 Å². The molecule has 0 saturated carbocycles. The summed E-state index contributed by atoms with van der Waals surface area (Å²) in [6.45, 7) is 3.06. The van der Waals surface area contributed by atoms with Gasteiger partial charge in [-0.05, 0) is 50.6 Å². The molecule has 6 heteroatoms. The van der Waals surface area contributed by atoms with Crippen molar-refractivity contribution in [3.8, 4) is 5.75 Å². The van der Waals surface area contributed by atoms with E-state index < -0.39 is 0 Å². The maximum absolute atomic E-state index is 12.2. The summed E-state index contributed by atoms with van der Waals surface area (Å²) < 4.78 is 10.3.